The predicted molar refractivity (Wildman–Crippen MR) is 41.1 cm³/mol. The Morgan fingerprint density at radius 3 is 2.44 bits per heavy atom. The Labute approximate surface area is 63.3 Å². The van der Waals surface area contributed by atoms with Crippen LogP contribution in [-0.4, -0.2) is 6.29 Å². The fourth-order valence-corrected chi connectivity index (χ4v) is 0.930. The Morgan fingerprint density at radius 1 is 1.78 bits per heavy atom. The molecule has 1 rings (SSSR count). The van der Waals surface area contributed by atoms with Crippen molar-refractivity contribution in [1.29, 1.82) is 0 Å². The molecule has 0 aromatic carbocycles. The largest absolute Gasteiger partial charge is 0.304 e. The van der Waals surface area contributed by atoms with E-state index in [1.54, 1.807) is 11.3 Å². The first kappa shape index (κ1) is 8.66. The smallest absolute Gasteiger partial charge is 0.116 e. The zero-order chi connectivity index (χ0) is 7.11. The lowest BCUT2D eigenvalue weighted by molar-refractivity contribution is -0.106. The number of hydrogen-bond donors (Lipinski definition) is 0. The summed E-state index contributed by atoms with van der Waals surface area (Å²) in [5, 5.41) is 1.95. The van der Waals surface area contributed by atoms with Crippen LogP contribution in [0.25, 0.3) is 0 Å². The average molecular weight is 163 g/mol. The third kappa shape index (κ3) is 5.53. The van der Waals surface area contributed by atoms with E-state index in [1.165, 1.54) is 6.92 Å². The van der Waals surface area contributed by atoms with Gasteiger partial charge in [-0.1, -0.05) is 11.6 Å². The number of carbonyl (C=O) groups excluding carboxylic acids is 1. The third-order valence-electron chi connectivity index (χ3n) is 0.486. The molecule has 0 spiro atoms. The molecule has 0 aliphatic heterocycles. The fraction of sp³-hybridized carbons (Fsp3) is 0.167. The standard InChI is InChI=1S/C4H3ClS.C2H4O/c5-4-2-1-3-6-4;1-2-3/h1-3H;2H,1H3. The summed E-state index contributed by atoms with van der Waals surface area (Å²) in [6, 6.07) is 3.79. The van der Waals surface area contributed by atoms with Gasteiger partial charge in [-0.25, -0.2) is 0 Å². The molecule has 0 aliphatic rings. The van der Waals surface area contributed by atoms with Gasteiger partial charge in [-0.3, -0.25) is 0 Å². The third-order valence-corrected chi connectivity index (χ3v) is 1.53. The molecule has 50 valence electrons. The first-order chi connectivity index (χ1) is 4.31. The summed E-state index contributed by atoms with van der Waals surface area (Å²) in [5.41, 5.74) is 0. The van der Waals surface area contributed by atoms with Crippen LogP contribution in [0.15, 0.2) is 17.5 Å². The van der Waals surface area contributed by atoms with Crippen LogP contribution in [0.5, 0.6) is 0 Å². The molecule has 1 aromatic rings. The summed E-state index contributed by atoms with van der Waals surface area (Å²) in [4.78, 5) is 8.81. The molecule has 1 heterocycles. The lowest BCUT2D eigenvalue weighted by Gasteiger charge is -1.62. The van der Waals surface area contributed by atoms with Gasteiger partial charge < -0.3 is 4.79 Å². The van der Waals surface area contributed by atoms with Crippen molar-refractivity contribution in [1.82, 2.24) is 0 Å². The maximum atomic E-state index is 8.81. The number of carbonyl (C=O) groups is 1. The molecule has 1 nitrogen and oxygen atoms in total. The van der Waals surface area contributed by atoms with E-state index in [0.717, 1.165) is 10.6 Å². The van der Waals surface area contributed by atoms with E-state index in [4.69, 9.17) is 16.4 Å². The molecule has 0 fully saturated rings. The second-order valence-electron chi connectivity index (χ2n) is 1.15. The minimum atomic E-state index is 0.750. The number of halogens is 1. The van der Waals surface area contributed by atoms with Crippen LogP contribution in [-0.2, 0) is 4.79 Å². The van der Waals surface area contributed by atoms with Crippen molar-refractivity contribution in [2.75, 3.05) is 0 Å². The number of hydrogen-bond acceptors (Lipinski definition) is 2. The molecule has 0 amide bonds. The van der Waals surface area contributed by atoms with E-state index >= 15 is 0 Å². The molecule has 0 aliphatic carbocycles. The summed E-state index contributed by atoms with van der Waals surface area (Å²) in [5.74, 6) is 0. The van der Waals surface area contributed by atoms with Crippen LogP contribution >= 0.6 is 22.9 Å². The van der Waals surface area contributed by atoms with Crippen molar-refractivity contribution in [3.8, 4) is 0 Å². The number of aldehydes is 1. The van der Waals surface area contributed by atoms with E-state index in [2.05, 4.69) is 0 Å². The molecule has 3 heteroatoms. The summed E-state index contributed by atoms with van der Waals surface area (Å²) in [6.07, 6.45) is 0.750. The molecule has 0 saturated heterocycles. The topological polar surface area (TPSA) is 17.1 Å². The minimum absolute atomic E-state index is 0.750. The summed E-state index contributed by atoms with van der Waals surface area (Å²) in [7, 11) is 0. The second kappa shape index (κ2) is 5.79. The van der Waals surface area contributed by atoms with Gasteiger partial charge in [0.2, 0.25) is 0 Å². The predicted octanol–water partition coefficient (Wildman–Crippen LogP) is 2.61. The van der Waals surface area contributed by atoms with Gasteiger partial charge in [-0.2, -0.15) is 0 Å². The van der Waals surface area contributed by atoms with Crippen LogP contribution in [0, 0.1) is 0 Å². The van der Waals surface area contributed by atoms with Crippen molar-refractivity contribution >= 4 is 29.2 Å². The molecule has 0 bridgehead atoms. The van der Waals surface area contributed by atoms with Gasteiger partial charge in [-0.05, 0) is 24.4 Å². The number of rotatable bonds is 0. The van der Waals surface area contributed by atoms with E-state index in [0.29, 0.717) is 0 Å². The Bertz CT molecular complexity index is 148. The number of thiophene rings is 1. The Kier molecular flexibility index (Phi) is 5.57. The molecule has 0 N–H and O–H groups in total. The molecular formula is C6H7ClOS. The first-order valence-electron chi connectivity index (χ1n) is 2.40. The average Bonchev–Trinajstić information content (AvgIpc) is 2.20. The fourth-order valence-electron chi connectivity index (χ4n) is 0.259. The maximum Gasteiger partial charge on any atom is 0.116 e. The zero-order valence-corrected chi connectivity index (χ0v) is 6.58. The van der Waals surface area contributed by atoms with Crippen molar-refractivity contribution in [2.24, 2.45) is 0 Å². The van der Waals surface area contributed by atoms with Crippen molar-refractivity contribution in [3.63, 3.8) is 0 Å². The van der Waals surface area contributed by atoms with E-state index in [-0.39, 0.29) is 0 Å². The van der Waals surface area contributed by atoms with Crippen LogP contribution in [0.2, 0.25) is 4.34 Å². The van der Waals surface area contributed by atoms with Crippen LogP contribution in [0.3, 0.4) is 0 Å². The van der Waals surface area contributed by atoms with Gasteiger partial charge in [0.15, 0.2) is 0 Å². The first-order valence-corrected chi connectivity index (χ1v) is 3.65. The van der Waals surface area contributed by atoms with Crippen molar-refractivity contribution in [2.45, 2.75) is 6.92 Å². The highest BCUT2D eigenvalue weighted by Crippen LogP contribution is 2.13. The highest BCUT2D eigenvalue weighted by molar-refractivity contribution is 7.14. The van der Waals surface area contributed by atoms with Crippen LogP contribution in [0.4, 0.5) is 0 Å². The maximum absolute atomic E-state index is 8.81. The zero-order valence-electron chi connectivity index (χ0n) is 5.00. The van der Waals surface area contributed by atoms with E-state index in [9.17, 15) is 0 Å². The van der Waals surface area contributed by atoms with Gasteiger partial charge >= 0.3 is 0 Å². The van der Waals surface area contributed by atoms with Crippen LogP contribution < -0.4 is 0 Å². The van der Waals surface area contributed by atoms with Gasteiger partial charge in [0.25, 0.3) is 0 Å². The second-order valence-corrected chi connectivity index (χ2v) is 2.73. The summed E-state index contributed by atoms with van der Waals surface area (Å²) >= 11 is 7.02. The van der Waals surface area contributed by atoms with Gasteiger partial charge in [0.1, 0.15) is 6.29 Å². The Hall–Kier alpha value is -0.340. The van der Waals surface area contributed by atoms with Gasteiger partial charge in [0, 0.05) is 0 Å². The van der Waals surface area contributed by atoms with Crippen molar-refractivity contribution in [3.05, 3.63) is 21.8 Å². The quantitative estimate of drug-likeness (QED) is 0.536. The minimum Gasteiger partial charge on any atom is -0.304 e. The molecule has 0 atom stereocenters. The van der Waals surface area contributed by atoms with Gasteiger partial charge in [-0.15, -0.1) is 11.3 Å². The Balaban J connectivity index is 0.000000187. The lowest BCUT2D eigenvalue weighted by Crippen LogP contribution is -1.36. The summed E-state index contributed by atoms with van der Waals surface area (Å²) < 4.78 is 0.856. The SMILES string of the molecule is CC=O.Clc1cccs1. The van der Waals surface area contributed by atoms with Crippen molar-refractivity contribution < 1.29 is 4.79 Å². The molecular weight excluding hydrogens is 156 g/mol. The normalized spacial score (nSPS) is 7.33. The highest BCUT2D eigenvalue weighted by Gasteiger charge is 1.77. The summed E-state index contributed by atoms with van der Waals surface area (Å²) in [6.45, 7) is 1.44. The highest BCUT2D eigenvalue weighted by atomic mass is 35.5. The molecule has 0 radical (unpaired) electrons. The van der Waals surface area contributed by atoms with E-state index in [1.807, 2.05) is 17.5 Å². The Morgan fingerprint density at radius 2 is 2.33 bits per heavy atom. The van der Waals surface area contributed by atoms with E-state index < -0.39 is 0 Å². The van der Waals surface area contributed by atoms with Gasteiger partial charge in [0.05, 0.1) is 4.34 Å². The molecule has 1 aromatic heterocycles. The van der Waals surface area contributed by atoms with Crippen LogP contribution in [0.1, 0.15) is 6.92 Å². The molecule has 0 saturated carbocycles. The molecule has 0 unspecified atom stereocenters. The lowest BCUT2D eigenvalue weighted by atomic mass is 10.7. The monoisotopic (exact) mass is 162 g/mol. The molecule has 9 heavy (non-hydrogen) atoms.